The van der Waals surface area contributed by atoms with Crippen molar-refractivity contribution in [2.45, 2.75) is 38.8 Å². The largest absolute Gasteiger partial charge is 0.369 e. The van der Waals surface area contributed by atoms with E-state index in [-0.39, 0.29) is 30.2 Å². The molecule has 1 aliphatic heterocycles. The molecule has 1 aromatic rings. The van der Waals surface area contributed by atoms with E-state index in [0.29, 0.717) is 19.7 Å². The number of benzene rings is 1. The Labute approximate surface area is 143 Å². The van der Waals surface area contributed by atoms with Gasteiger partial charge in [-0.2, -0.15) is 0 Å². The Balaban J connectivity index is 0.00000264. The molecule has 2 atom stereocenters. The van der Waals surface area contributed by atoms with Crippen LogP contribution in [-0.2, 0) is 9.53 Å². The van der Waals surface area contributed by atoms with Crippen LogP contribution in [0.5, 0.6) is 0 Å². The molecule has 4 nitrogen and oxygen atoms in total. The molecule has 1 N–H and O–H groups in total. The Hall–Kier alpha value is -1.17. The molecular formula is C17H26ClFN2O2. The number of nitrogens with one attached hydrogen (secondary N) is 1. The molecule has 2 unspecified atom stereocenters. The first kappa shape index (κ1) is 19.9. The van der Waals surface area contributed by atoms with Gasteiger partial charge in [0.25, 0.3) is 5.91 Å². The quantitative estimate of drug-likeness (QED) is 0.807. The number of hydrogen-bond acceptors (Lipinski definition) is 3. The van der Waals surface area contributed by atoms with E-state index in [0.717, 1.165) is 24.9 Å². The SMILES string of the molecule is CCCCOC(C)C(=O)N1CCNCC1c1cccc(F)c1.Cl. The second-order valence-corrected chi connectivity index (χ2v) is 5.67. The average Bonchev–Trinajstić information content (AvgIpc) is 2.54. The Morgan fingerprint density at radius 1 is 1.52 bits per heavy atom. The topological polar surface area (TPSA) is 41.6 Å². The molecule has 0 aliphatic carbocycles. The Morgan fingerprint density at radius 2 is 2.30 bits per heavy atom. The first-order chi connectivity index (χ1) is 10.6. The second kappa shape index (κ2) is 9.85. The summed E-state index contributed by atoms with van der Waals surface area (Å²) in [5, 5.41) is 3.27. The lowest BCUT2D eigenvalue weighted by molar-refractivity contribution is -0.146. The highest BCUT2D eigenvalue weighted by molar-refractivity contribution is 5.85. The van der Waals surface area contributed by atoms with Gasteiger partial charge in [0, 0.05) is 26.2 Å². The van der Waals surface area contributed by atoms with Gasteiger partial charge in [-0.15, -0.1) is 12.4 Å². The average molecular weight is 345 g/mol. The van der Waals surface area contributed by atoms with Crippen molar-refractivity contribution in [3.05, 3.63) is 35.6 Å². The maximum atomic E-state index is 13.5. The summed E-state index contributed by atoms with van der Waals surface area (Å²) >= 11 is 0. The van der Waals surface area contributed by atoms with E-state index in [1.54, 1.807) is 13.0 Å². The molecule has 0 radical (unpaired) electrons. The molecule has 1 fully saturated rings. The van der Waals surface area contributed by atoms with E-state index < -0.39 is 6.10 Å². The summed E-state index contributed by atoms with van der Waals surface area (Å²) in [6.07, 6.45) is 1.54. The van der Waals surface area contributed by atoms with Crippen molar-refractivity contribution in [2.75, 3.05) is 26.2 Å². The van der Waals surface area contributed by atoms with E-state index in [9.17, 15) is 9.18 Å². The maximum absolute atomic E-state index is 13.5. The fourth-order valence-electron chi connectivity index (χ4n) is 2.69. The summed E-state index contributed by atoms with van der Waals surface area (Å²) in [5.41, 5.74) is 0.821. The zero-order valence-corrected chi connectivity index (χ0v) is 14.6. The van der Waals surface area contributed by atoms with Crippen LogP contribution in [0, 0.1) is 5.82 Å². The monoisotopic (exact) mass is 344 g/mol. The van der Waals surface area contributed by atoms with Gasteiger partial charge in [0.1, 0.15) is 11.9 Å². The summed E-state index contributed by atoms with van der Waals surface area (Å²) in [4.78, 5) is 14.4. The van der Waals surface area contributed by atoms with Crippen molar-refractivity contribution in [2.24, 2.45) is 0 Å². The molecule has 1 saturated heterocycles. The van der Waals surface area contributed by atoms with Gasteiger partial charge in [-0.25, -0.2) is 4.39 Å². The standard InChI is InChI=1S/C17H25FN2O2.ClH/c1-3-4-10-22-13(2)17(21)20-9-8-19-12-16(20)14-6-5-7-15(18)11-14;/h5-7,11,13,16,19H,3-4,8-10,12H2,1-2H3;1H. The minimum absolute atomic E-state index is 0. The number of carbonyl (C=O) groups excluding carboxylic acids is 1. The second-order valence-electron chi connectivity index (χ2n) is 5.67. The van der Waals surface area contributed by atoms with Crippen LogP contribution in [0.25, 0.3) is 0 Å². The third kappa shape index (κ3) is 5.44. The summed E-state index contributed by atoms with van der Waals surface area (Å²) in [7, 11) is 0. The number of hydrogen-bond donors (Lipinski definition) is 1. The van der Waals surface area contributed by atoms with E-state index in [4.69, 9.17) is 4.74 Å². The molecule has 1 amide bonds. The number of ether oxygens (including phenoxy) is 1. The fourth-order valence-corrected chi connectivity index (χ4v) is 2.69. The van der Waals surface area contributed by atoms with Crippen molar-refractivity contribution < 1.29 is 13.9 Å². The zero-order valence-electron chi connectivity index (χ0n) is 13.8. The fraction of sp³-hybridized carbons (Fsp3) is 0.588. The minimum atomic E-state index is -0.458. The smallest absolute Gasteiger partial charge is 0.252 e. The van der Waals surface area contributed by atoms with Crippen LogP contribution in [0.3, 0.4) is 0 Å². The number of amides is 1. The summed E-state index contributed by atoms with van der Waals surface area (Å²) in [5.74, 6) is -0.297. The van der Waals surface area contributed by atoms with Crippen LogP contribution < -0.4 is 5.32 Å². The van der Waals surface area contributed by atoms with E-state index >= 15 is 0 Å². The molecule has 130 valence electrons. The Bertz CT molecular complexity index is 501. The van der Waals surface area contributed by atoms with Crippen LogP contribution in [-0.4, -0.2) is 43.2 Å². The molecule has 1 heterocycles. The van der Waals surface area contributed by atoms with Crippen LogP contribution >= 0.6 is 12.4 Å². The number of nitrogens with zero attached hydrogens (tertiary/aromatic N) is 1. The zero-order chi connectivity index (χ0) is 15.9. The highest BCUT2D eigenvalue weighted by Gasteiger charge is 2.31. The molecule has 0 bridgehead atoms. The highest BCUT2D eigenvalue weighted by Crippen LogP contribution is 2.24. The van der Waals surface area contributed by atoms with Crippen molar-refractivity contribution in [1.82, 2.24) is 10.2 Å². The molecule has 2 rings (SSSR count). The highest BCUT2D eigenvalue weighted by atomic mass is 35.5. The maximum Gasteiger partial charge on any atom is 0.252 e. The van der Waals surface area contributed by atoms with Crippen LogP contribution in [0.15, 0.2) is 24.3 Å². The van der Waals surface area contributed by atoms with E-state index in [1.165, 1.54) is 12.1 Å². The van der Waals surface area contributed by atoms with Gasteiger partial charge in [0.05, 0.1) is 6.04 Å². The lowest BCUT2D eigenvalue weighted by atomic mass is 10.0. The van der Waals surface area contributed by atoms with Crippen LogP contribution in [0.4, 0.5) is 4.39 Å². The lowest BCUT2D eigenvalue weighted by Crippen LogP contribution is -2.51. The van der Waals surface area contributed by atoms with Gasteiger partial charge < -0.3 is 15.0 Å². The van der Waals surface area contributed by atoms with E-state index in [2.05, 4.69) is 12.2 Å². The lowest BCUT2D eigenvalue weighted by Gasteiger charge is -2.38. The Morgan fingerprint density at radius 3 is 3.00 bits per heavy atom. The van der Waals surface area contributed by atoms with Crippen molar-refractivity contribution in [3.8, 4) is 0 Å². The molecule has 0 aromatic heterocycles. The summed E-state index contributed by atoms with van der Waals surface area (Å²) < 4.78 is 19.1. The molecule has 6 heteroatoms. The number of carbonyl (C=O) groups is 1. The number of halogens is 2. The molecule has 1 aliphatic rings. The minimum Gasteiger partial charge on any atom is -0.369 e. The third-order valence-corrected chi connectivity index (χ3v) is 3.97. The van der Waals surface area contributed by atoms with Crippen molar-refractivity contribution >= 4 is 18.3 Å². The number of unbranched alkanes of at least 4 members (excludes halogenated alkanes) is 1. The molecule has 1 aromatic carbocycles. The molecule has 0 spiro atoms. The van der Waals surface area contributed by atoms with Gasteiger partial charge in [-0.1, -0.05) is 25.5 Å². The summed E-state index contributed by atoms with van der Waals surface area (Å²) in [6.45, 7) is 6.48. The predicted molar refractivity (Wildman–Crippen MR) is 91.3 cm³/mol. The number of rotatable bonds is 6. The van der Waals surface area contributed by atoms with Crippen molar-refractivity contribution in [3.63, 3.8) is 0 Å². The Kier molecular flexibility index (Phi) is 8.52. The van der Waals surface area contributed by atoms with Gasteiger partial charge >= 0.3 is 0 Å². The summed E-state index contributed by atoms with van der Waals surface area (Å²) in [6, 6.07) is 6.32. The van der Waals surface area contributed by atoms with E-state index in [1.807, 2.05) is 11.0 Å². The third-order valence-electron chi connectivity index (χ3n) is 3.97. The predicted octanol–water partition coefficient (Wildman–Crippen LogP) is 2.93. The molecule has 0 saturated carbocycles. The van der Waals surface area contributed by atoms with Crippen LogP contribution in [0.1, 0.15) is 38.3 Å². The molecular weight excluding hydrogens is 319 g/mol. The van der Waals surface area contributed by atoms with Gasteiger partial charge in [0.15, 0.2) is 0 Å². The number of piperazine rings is 1. The van der Waals surface area contributed by atoms with Crippen molar-refractivity contribution in [1.29, 1.82) is 0 Å². The van der Waals surface area contributed by atoms with Crippen LogP contribution in [0.2, 0.25) is 0 Å². The van der Waals surface area contributed by atoms with Gasteiger partial charge in [0.2, 0.25) is 0 Å². The van der Waals surface area contributed by atoms with Gasteiger partial charge in [-0.3, -0.25) is 4.79 Å². The normalized spacial score (nSPS) is 19.1. The molecule has 23 heavy (non-hydrogen) atoms. The first-order valence-corrected chi connectivity index (χ1v) is 8.01. The first-order valence-electron chi connectivity index (χ1n) is 8.01. The van der Waals surface area contributed by atoms with Gasteiger partial charge in [-0.05, 0) is 31.0 Å².